The van der Waals surface area contributed by atoms with E-state index >= 15 is 0 Å². The maximum absolute atomic E-state index is 11.3. The number of hydrogen-bond donors (Lipinski definition) is 2. The minimum atomic E-state index is -4.11. The van der Waals surface area contributed by atoms with Crippen LogP contribution in [-0.2, 0) is 14.4 Å². The lowest BCUT2D eigenvalue weighted by atomic mass is 10.2. The lowest BCUT2D eigenvalue weighted by Gasteiger charge is -2.27. The van der Waals surface area contributed by atoms with E-state index in [1.807, 2.05) is 6.92 Å². The van der Waals surface area contributed by atoms with Gasteiger partial charge in [0.25, 0.3) is 0 Å². The summed E-state index contributed by atoms with van der Waals surface area (Å²) in [5.74, 6) is 0.145. The fraction of sp³-hybridized carbons (Fsp3) is 1.00. The largest absolute Gasteiger partial charge is 0.339 e. The molecule has 0 aromatic heterocycles. The smallest absolute Gasteiger partial charge is 0.324 e. The first-order valence-electron chi connectivity index (χ1n) is 5.22. The van der Waals surface area contributed by atoms with Gasteiger partial charge in [0, 0.05) is 6.04 Å². The molecule has 1 heterocycles. The minimum absolute atomic E-state index is 0.0208. The van der Waals surface area contributed by atoms with E-state index in [4.69, 9.17) is 9.79 Å². The normalized spacial score (nSPS) is 25.1. The van der Waals surface area contributed by atoms with Crippen molar-refractivity contribution in [2.75, 3.05) is 24.3 Å². The van der Waals surface area contributed by atoms with Crippen LogP contribution in [0.5, 0.6) is 0 Å². The second-order valence-corrected chi connectivity index (χ2v) is 8.02. The summed E-state index contributed by atoms with van der Waals surface area (Å²) < 4.78 is 33.5. The molecule has 6 nitrogen and oxygen atoms in total. The van der Waals surface area contributed by atoms with Gasteiger partial charge in [-0.05, 0) is 19.4 Å². The van der Waals surface area contributed by atoms with Crippen LogP contribution in [0, 0.1) is 0 Å². The summed E-state index contributed by atoms with van der Waals surface area (Å²) in [7, 11) is -7.12. The Balaban J connectivity index is 2.68. The van der Waals surface area contributed by atoms with Gasteiger partial charge in [-0.15, -0.1) is 0 Å². The topological polar surface area (TPSA) is 94.9 Å². The van der Waals surface area contributed by atoms with Crippen molar-refractivity contribution >= 4 is 17.4 Å². The van der Waals surface area contributed by atoms with Crippen LogP contribution in [0.2, 0.25) is 0 Å². The summed E-state index contributed by atoms with van der Waals surface area (Å²) in [4.78, 5) is 19.5. The van der Waals surface area contributed by atoms with E-state index in [1.54, 1.807) is 4.90 Å². The van der Waals surface area contributed by atoms with Crippen LogP contribution in [0.15, 0.2) is 0 Å². The van der Waals surface area contributed by atoms with Gasteiger partial charge in [0.15, 0.2) is 9.84 Å². The van der Waals surface area contributed by atoms with Gasteiger partial charge in [0.1, 0.15) is 6.29 Å². The zero-order chi connectivity index (χ0) is 12.4. The Morgan fingerprint density at radius 3 is 2.44 bits per heavy atom. The highest BCUT2D eigenvalue weighted by molar-refractivity contribution is 7.91. The molecule has 96 valence electrons. The maximum atomic E-state index is 11.3. The van der Waals surface area contributed by atoms with Crippen molar-refractivity contribution in [3.05, 3.63) is 0 Å². The van der Waals surface area contributed by atoms with E-state index in [2.05, 4.69) is 0 Å². The molecule has 0 amide bonds. The van der Waals surface area contributed by atoms with Gasteiger partial charge >= 0.3 is 7.60 Å². The number of rotatable bonds is 5. The fourth-order valence-corrected chi connectivity index (χ4v) is 4.56. The predicted molar refractivity (Wildman–Crippen MR) is 61.0 cm³/mol. The van der Waals surface area contributed by atoms with Gasteiger partial charge in [-0.25, -0.2) is 8.42 Å². The Morgan fingerprint density at radius 1 is 1.44 bits per heavy atom. The van der Waals surface area contributed by atoms with Gasteiger partial charge in [-0.2, -0.15) is 0 Å². The van der Waals surface area contributed by atoms with Crippen LogP contribution in [0.4, 0.5) is 0 Å². The summed E-state index contributed by atoms with van der Waals surface area (Å²) in [6.45, 7) is 2.42. The first kappa shape index (κ1) is 14.1. The minimum Gasteiger partial charge on any atom is -0.324 e. The van der Waals surface area contributed by atoms with Crippen LogP contribution in [0.25, 0.3) is 0 Å². The fourth-order valence-electron chi connectivity index (χ4n) is 1.96. The van der Waals surface area contributed by atoms with Crippen molar-refractivity contribution < 1.29 is 22.8 Å². The first-order chi connectivity index (χ1) is 7.23. The predicted octanol–water partition coefficient (Wildman–Crippen LogP) is 0.0207. The zero-order valence-electron chi connectivity index (χ0n) is 9.24. The van der Waals surface area contributed by atoms with Crippen molar-refractivity contribution in [3.63, 3.8) is 0 Å². The van der Waals surface area contributed by atoms with E-state index < -0.39 is 17.4 Å². The van der Waals surface area contributed by atoms with E-state index in [0.29, 0.717) is 13.0 Å². The average Bonchev–Trinajstić information content (AvgIpc) is 2.43. The van der Waals surface area contributed by atoms with Crippen LogP contribution >= 0.6 is 7.60 Å². The van der Waals surface area contributed by atoms with Crippen molar-refractivity contribution in [2.24, 2.45) is 0 Å². The third-order valence-electron chi connectivity index (χ3n) is 2.60. The molecular formula is C8H18NO5PS. The molecular weight excluding hydrogens is 253 g/mol. The molecule has 0 saturated carbocycles. The van der Waals surface area contributed by atoms with Gasteiger partial charge in [0.2, 0.25) is 0 Å². The summed E-state index contributed by atoms with van der Waals surface area (Å²) in [6.07, 6.45) is 0.875. The van der Waals surface area contributed by atoms with Crippen LogP contribution in [0.1, 0.15) is 19.8 Å². The van der Waals surface area contributed by atoms with Gasteiger partial charge in [0.05, 0.1) is 11.5 Å². The molecule has 1 aliphatic rings. The number of sulfone groups is 1. The molecule has 2 N–H and O–H groups in total. The van der Waals surface area contributed by atoms with E-state index in [1.165, 1.54) is 0 Å². The zero-order valence-corrected chi connectivity index (χ0v) is 11.0. The first-order valence-corrected chi connectivity index (χ1v) is 8.84. The molecule has 8 heteroatoms. The Morgan fingerprint density at radius 2 is 2.06 bits per heavy atom. The Hall–Kier alpha value is 0.0600. The molecule has 1 saturated heterocycles. The second-order valence-electron chi connectivity index (χ2n) is 4.18. The molecule has 1 rings (SSSR count). The van der Waals surface area contributed by atoms with Gasteiger partial charge in [-0.3, -0.25) is 9.46 Å². The Kier molecular flexibility index (Phi) is 4.54. The third kappa shape index (κ3) is 4.51. The second kappa shape index (κ2) is 5.14. The SMILES string of the molecule is CCCN(CP(=O)(O)O)C1CCS(=O)(=O)C1. The molecule has 0 radical (unpaired) electrons. The van der Waals surface area contributed by atoms with Crippen molar-refractivity contribution in [1.29, 1.82) is 0 Å². The molecule has 0 aliphatic carbocycles. The van der Waals surface area contributed by atoms with E-state index in [9.17, 15) is 13.0 Å². The molecule has 0 aromatic rings. The van der Waals surface area contributed by atoms with Gasteiger partial charge < -0.3 is 9.79 Å². The Bertz CT molecular complexity index is 376. The molecule has 1 unspecified atom stereocenters. The molecule has 1 atom stereocenters. The average molecular weight is 271 g/mol. The van der Waals surface area contributed by atoms with Gasteiger partial charge in [-0.1, -0.05) is 6.92 Å². The highest BCUT2D eigenvalue weighted by Gasteiger charge is 2.34. The third-order valence-corrected chi connectivity index (χ3v) is 5.08. The molecule has 16 heavy (non-hydrogen) atoms. The summed E-state index contributed by atoms with van der Waals surface area (Å²) >= 11 is 0. The van der Waals surface area contributed by atoms with Crippen LogP contribution in [0.3, 0.4) is 0 Å². The van der Waals surface area contributed by atoms with E-state index in [0.717, 1.165) is 6.42 Å². The highest BCUT2D eigenvalue weighted by Crippen LogP contribution is 2.36. The molecule has 1 aliphatic heterocycles. The maximum Gasteiger partial charge on any atom is 0.339 e. The van der Waals surface area contributed by atoms with Crippen molar-refractivity contribution in [1.82, 2.24) is 4.90 Å². The number of nitrogens with zero attached hydrogens (tertiary/aromatic N) is 1. The van der Waals surface area contributed by atoms with Crippen molar-refractivity contribution in [2.45, 2.75) is 25.8 Å². The molecule has 1 fully saturated rings. The van der Waals surface area contributed by atoms with Crippen LogP contribution < -0.4 is 0 Å². The Labute approximate surface area is 95.7 Å². The lowest BCUT2D eigenvalue weighted by Crippen LogP contribution is -2.37. The standard InChI is InChI=1S/C8H18NO5PS/c1-2-4-9(7-15(10,11)12)8-3-5-16(13,14)6-8/h8H,2-7H2,1H3,(H2,10,11,12). The lowest BCUT2D eigenvalue weighted by molar-refractivity contribution is 0.224. The summed E-state index contributed by atoms with van der Waals surface area (Å²) in [5.41, 5.74) is 0. The quantitative estimate of drug-likeness (QED) is 0.684. The number of hydrogen-bond acceptors (Lipinski definition) is 4. The highest BCUT2D eigenvalue weighted by atomic mass is 32.2. The monoisotopic (exact) mass is 271 g/mol. The van der Waals surface area contributed by atoms with E-state index in [-0.39, 0.29) is 23.8 Å². The van der Waals surface area contributed by atoms with Crippen molar-refractivity contribution in [3.8, 4) is 0 Å². The molecule has 0 bridgehead atoms. The summed E-state index contributed by atoms with van der Waals surface area (Å²) in [5, 5.41) is 0. The van der Waals surface area contributed by atoms with Crippen LogP contribution in [-0.4, -0.2) is 53.5 Å². The summed E-state index contributed by atoms with van der Waals surface area (Å²) in [6, 6.07) is -0.238. The molecule has 0 aromatic carbocycles. The molecule has 0 spiro atoms.